The van der Waals surface area contributed by atoms with Gasteiger partial charge < -0.3 is 24.5 Å². The van der Waals surface area contributed by atoms with E-state index in [0.717, 1.165) is 0 Å². The molecule has 0 unspecified atom stereocenters. The van der Waals surface area contributed by atoms with Gasteiger partial charge in [-0.15, -0.1) is 0 Å². The van der Waals surface area contributed by atoms with Gasteiger partial charge in [0.25, 0.3) is 0 Å². The van der Waals surface area contributed by atoms with Gasteiger partial charge in [0.1, 0.15) is 57.4 Å². The van der Waals surface area contributed by atoms with Gasteiger partial charge in [-0.25, -0.2) is 28.3 Å². The van der Waals surface area contributed by atoms with Crippen molar-refractivity contribution >= 4 is 49.8 Å². The quantitative estimate of drug-likeness (QED) is 0.0559. The number of fused-ring (bicyclic) bond motifs is 1. The number of hydroxylamine groups is 1. The molecular weight excluding hydrogens is 665 g/mol. The summed E-state index contributed by atoms with van der Waals surface area (Å²) in [7, 11) is -3.10. The molecule has 0 aliphatic carbocycles. The molecule has 0 aliphatic heterocycles. The smallest absolute Gasteiger partial charge is 0.243 e. The minimum atomic E-state index is -3.10. The van der Waals surface area contributed by atoms with Crippen LogP contribution in [0.1, 0.15) is 24.2 Å². The molecule has 4 N–H and O–H groups in total. The molecule has 2 aromatic heterocycles. The maximum atomic E-state index is 13.5. The first kappa shape index (κ1) is 34.6. The van der Waals surface area contributed by atoms with Crippen LogP contribution in [0.5, 0.6) is 11.5 Å². The number of furan rings is 1. The van der Waals surface area contributed by atoms with Crippen LogP contribution in [0.15, 0.2) is 77.5 Å². The monoisotopic (exact) mass is 697 g/mol. The van der Waals surface area contributed by atoms with Gasteiger partial charge in [0, 0.05) is 36.4 Å². The molecule has 5 rings (SSSR count). The average molecular weight is 698 g/mol. The average Bonchev–Trinajstić information content (AvgIpc) is 3.53. The molecule has 0 saturated heterocycles. The predicted octanol–water partition coefficient (Wildman–Crippen LogP) is 5.80. The number of rotatable bonds is 16. The van der Waals surface area contributed by atoms with Gasteiger partial charge in [-0.05, 0) is 60.5 Å². The van der Waals surface area contributed by atoms with Crippen molar-refractivity contribution in [2.24, 2.45) is 0 Å². The molecule has 2 heterocycles. The molecule has 0 spiro atoms. The first-order valence-corrected chi connectivity index (χ1v) is 17.3. The summed E-state index contributed by atoms with van der Waals surface area (Å²) in [4.78, 5) is 20.3. The third-order valence-electron chi connectivity index (χ3n) is 7.02. The first-order valence-electron chi connectivity index (χ1n) is 14.8. The highest BCUT2D eigenvalue weighted by Gasteiger charge is 2.17. The second-order valence-electron chi connectivity index (χ2n) is 10.8. The molecule has 5 aromatic rings. The maximum absolute atomic E-state index is 13.5. The molecular formula is C33H33ClFN5O7S. The van der Waals surface area contributed by atoms with Crippen molar-refractivity contribution in [1.29, 1.82) is 0 Å². The molecule has 0 saturated carbocycles. The normalized spacial score (nSPS) is 11.4. The van der Waals surface area contributed by atoms with E-state index in [4.69, 9.17) is 30.7 Å². The standard InChI is InChI=1S/C33H33ClFN5O7S/c1-48(43,44)13-11-36-18-24-8-10-29(47-24)26-16-25-28(17-31(26)45-12-3-6-32(41)40-42)37-20-38-33(25)39-23-7-9-30(27(34)15-23)46-19-21-4-2-5-22(35)14-21/h2,4-5,7-10,14-17,20,36,42H,3,6,11-13,18-19H2,1H3,(H,40,41)(H,37,38,39). The Morgan fingerprint density at radius 1 is 1.04 bits per heavy atom. The Labute approximate surface area is 281 Å². The maximum Gasteiger partial charge on any atom is 0.243 e. The lowest BCUT2D eigenvalue weighted by molar-refractivity contribution is -0.129. The summed E-state index contributed by atoms with van der Waals surface area (Å²) in [6.07, 6.45) is 3.00. The summed E-state index contributed by atoms with van der Waals surface area (Å²) in [5.41, 5.74) is 4.06. The molecule has 48 heavy (non-hydrogen) atoms. The topological polar surface area (TPSA) is 165 Å². The van der Waals surface area contributed by atoms with Crippen LogP contribution in [0.25, 0.3) is 22.2 Å². The van der Waals surface area contributed by atoms with Gasteiger partial charge in [-0.3, -0.25) is 10.0 Å². The fraction of sp³-hybridized carbons (Fsp3) is 0.242. The van der Waals surface area contributed by atoms with Crippen LogP contribution in [0.4, 0.5) is 15.9 Å². The predicted molar refractivity (Wildman–Crippen MR) is 179 cm³/mol. The summed E-state index contributed by atoms with van der Waals surface area (Å²) in [6, 6.07) is 18.4. The van der Waals surface area contributed by atoms with Crippen molar-refractivity contribution in [1.82, 2.24) is 20.8 Å². The Morgan fingerprint density at radius 3 is 2.67 bits per heavy atom. The van der Waals surface area contributed by atoms with Gasteiger partial charge in [0.15, 0.2) is 0 Å². The Morgan fingerprint density at radius 2 is 1.90 bits per heavy atom. The van der Waals surface area contributed by atoms with E-state index in [2.05, 4.69) is 20.6 Å². The van der Waals surface area contributed by atoms with Crippen molar-refractivity contribution < 1.29 is 36.7 Å². The van der Waals surface area contributed by atoms with Crippen LogP contribution in [-0.4, -0.2) is 54.7 Å². The molecule has 0 atom stereocenters. The Balaban J connectivity index is 1.38. The van der Waals surface area contributed by atoms with Crippen molar-refractivity contribution in [2.45, 2.75) is 26.0 Å². The van der Waals surface area contributed by atoms with E-state index in [1.54, 1.807) is 54.0 Å². The number of nitrogens with one attached hydrogen (secondary N) is 3. The number of halogens is 2. The van der Waals surface area contributed by atoms with E-state index >= 15 is 0 Å². The van der Waals surface area contributed by atoms with Crippen LogP contribution in [0.2, 0.25) is 5.02 Å². The highest BCUT2D eigenvalue weighted by Crippen LogP contribution is 2.38. The van der Waals surface area contributed by atoms with Gasteiger partial charge >= 0.3 is 0 Å². The molecule has 3 aromatic carbocycles. The molecule has 1 amide bonds. The largest absolute Gasteiger partial charge is 0.493 e. The number of hydrogen-bond acceptors (Lipinski definition) is 11. The van der Waals surface area contributed by atoms with E-state index in [0.29, 0.717) is 74.5 Å². The Hall–Kier alpha value is -4.76. The summed E-state index contributed by atoms with van der Waals surface area (Å²) in [6.45, 7) is 0.911. The number of hydrogen-bond donors (Lipinski definition) is 4. The number of carbonyl (C=O) groups is 1. The zero-order chi connectivity index (χ0) is 34.1. The summed E-state index contributed by atoms with van der Waals surface area (Å²) in [5.74, 6) is 1.56. The second-order valence-corrected chi connectivity index (χ2v) is 13.5. The van der Waals surface area contributed by atoms with E-state index in [9.17, 15) is 17.6 Å². The lowest BCUT2D eigenvalue weighted by atomic mass is 10.1. The zero-order valence-electron chi connectivity index (χ0n) is 25.8. The highest BCUT2D eigenvalue weighted by molar-refractivity contribution is 7.90. The number of carbonyl (C=O) groups excluding carboxylic acids is 1. The van der Waals surface area contributed by atoms with Gasteiger partial charge in [0.2, 0.25) is 5.91 Å². The lowest BCUT2D eigenvalue weighted by Gasteiger charge is -2.14. The molecule has 252 valence electrons. The van der Waals surface area contributed by atoms with Crippen molar-refractivity contribution in [2.75, 3.05) is 30.5 Å². The summed E-state index contributed by atoms with van der Waals surface area (Å²) in [5, 5.41) is 16.1. The molecule has 12 nitrogen and oxygen atoms in total. The fourth-order valence-corrected chi connectivity index (χ4v) is 5.42. The number of ether oxygens (including phenoxy) is 2. The third kappa shape index (κ3) is 9.64. The number of benzene rings is 3. The van der Waals surface area contributed by atoms with Crippen LogP contribution in [-0.2, 0) is 27.8 Å². The van der Waals surface area contributed by atoms with Gasteiger partial charge in [-0.2, -0.15) is 0 Å². The van der Waals surface area contributed by atoms with E-state index in [1.807, 2.05) is 6.07 Å². The fourth-order valence-electron chi connectivity index (χ4n) is 4.67. The number of anilines is 2. The minimum absolute atomic E-state index is 0.00316. The first-order chi connectivity index (χ1) is 23.1. The molecule has 0 fully saturated rings. The third-order valence-corrected chi connectivity index (χ3v) is 8.26. The Kier molecular flexibility index (Phi) is 11.4. The zero-order valence-corrected chi connectivity index (χ0v) is 27.4. The van der Waals surface area contributed by atoms with Crippen LogP contribution in [0.3, 0.4) is 0 Å². The lowest BCUT2D eigenvalue weighted by Crippen LogP contribution is -2.21. The van der Waals surface area contributed by atoms with Crippen molar-refractivity contribution in [3.63, 3.8) is 0 Å². The van der Waals surface area contributed by atoms with Crippen molar-refractivity contribution in [3.8, 4) is 22.8 Å². The second kappa shape index (κ2) is 15.9. The van der Waals surface area contributed by atoms with Gasteiger partial charge in [0.05, 0.1) is 35.0 Å². The number of nitrogens with zero attached hydrogens (tertiary/aromatic N) is 2. The molecule has 0 aliphatic rings. The van der Waals surface area contributed by atoms with E-state index in [1.165, 1.54) is 24.7 Å². The Bertz CT molecular complexity index is 2010. The molecule has 0 radical (unpaired) electrons. The number of sulfone groups is 1. The van der Waals surface area contributed by atoms with Crippen LogP contribution in [0, 0.1) is 5.82 Å². The van der Waals surface area contributed by atoms with Crippen LogP contribution < -0.4 is 25.6 Å². The SMILES string of the molecule is CS(=O)(=O)CCNCc1ccc(-c2cc3c(Nc4ccc(OCc5cccc(F)c5)c(Cl)c4)ncnc3cc2OCCCC(=O)NO)o1. The minimum Gasteiger partial charge on any atom is -0.493 e. The van der Waals surface area contributed by atoms with E-state index in [-0.39, 0.29) is 37.7 Å². The van der Waals surface area contributed by atoms with Crippen LogP contribution >= 0.6 is 11.6 Å². The van der Waals surface area contributed by atoms with Crippen molar-refractivity contribution in [3.05, 3.63) is 95.2 Å². The molecule has 0 bridgehead atoms. The highest BCUT2D eigenvalue weighted by atomic mass is 35.5. The van der Waals surface area contributed by atoms with Gasteiger partial charge in [-0.1, -0.05) is 23.7 Å². The number of amides is 1. The molecule has 15 heteroatoms. The number of aromatic nitrogens is 2. The summed E-state index contributed by atoms with van der Waals surface area (Å²) >= 11 is 6.52. The van der Waals surface area contributed by atoms with E-state index < -0.39 is 15.7 Å². The summed E-state index contributed by atoms with van der Waals surface area (Å²) < 4.78 is 54.4.